The van der Waals surface area contributed by atoms with Crippen molar-refractivity contribution in [2.24, 2.45) is 11.8 Å². The van der Waals surface area contributed by atoms with Gasteiger partial charge in [-0.1, -0.05) is 13.8 Å². The molecule has 0 amide bonds. The van der Waals surface area contributed by atoms with E-state index < -0.39 is 0 Å². The van der Waals surface area contributed by atoms with E-state index in [4.69, 9.17) is 4.74 Å². The Morgan fingerprint density at radius 2 is 1.71 bits per heavy atom. The first-order valence-electron chi connectivity index (χ1n) is 7.18. The minimum atomic E-state index is 0.474. The van der Waals surface area contributed by atoms with Crippen molar-refractivity contribution < 1.29 is 4.74 Å². The molecule has 3 nitrogen and oxygen atoms in total. The molecule has 0 radical (unpaired) electrons. The third-order valence-corrected chi connectivity index (χ3v) is 4.27. The second-order valence-electron chi connectivity index (χ2n) is 6.09. The molecule has 17 heavy (non-hydrogen) atoms. The van der Waals surface area contributed by atoms with E-state index in [1.165, 1.54) is 32.4 Å². The monoisotopic (exact) mass is 240 g/mol. The summed E-state index contributed by atoms with van der Waals surface area (Å²) in [6, 6.07) is 0.669. The third kappa shape index (κ3) is 3.43. The highest BCUT2D eigenvalue weighted by molar-refractivity contribution is 4.88. The number of nitrogens with zero attached hydrogens (tertiary/aromatic N) is 1. The van der Waals surface area contributed by atoms with Crippen LogP contribution in [0.4, 0.5) is 0 Å². The summed E-state index contributed by atoms with van der Waals surface area (Å²) in [5.41, 5.74) is 0. The summed E-state index contributed by atoms with van der Waals surface area (Å²) in [7, 11) is 1.88. The molecule has 1 saturated carbocycles. The number of rotatable bonds is 2. The van der Waals surface area contributed by atoms with Crippen LogP contribution < -0.4 is 5.32 Å². The fourth-order valence-corrected chi connectivity index (χ4v) is 3.45. The van der Waals surface area contributed by atoms with Crippen LogP contribution in [-0.4, -0.2) is 50.3 Å². The Morgan fingerprint density at radius 1 is 1.06 bits per heavy atom. The molecule has 0 aromatic carbocycles. The fraction of sp³-hybridized carbons (Fsp3) is 1.00. The Hall–Kier alpha value is -0.120. The van der Waals surface area contributed by atoms with Gasteiger partial charge in [-0.25, -0.2) is 0 Å². The fourth-order valence-electron chi connectivity index (χ4n) is 3.45. The van der Waals surface area contributed by atoms with Gasteiger partial charge in [0.2, 0.25) is 0 Å². The molecule has 2 fully saturated rings. The van der Waals surface area contributed by atoms with Crippen LogP contribution in [0.1, 0.15) is 33.1 Å². The summed E-state index contributed by atoms with van der Waals surface area (Å²) in [5.74, 6) is 1.50. The van der Waals surface area contributed by atoms with Gasteiger partial charge in [0.15, 0.2) is 0 Å². The average molecular weight is 240 g/mol. The van der Waals surface area contributed by atoms with Crippen LogP contribution in [0.25, 0.3) is 0 Å². The van der Waals surface area contributed by atoms with Gasteiger partial charge in [-0.2, -0.15) is 0 Å². The Balaban J connectivity index is 1.99. The van der Waals surface area contributed by atoms with Crippen molar-refractivity contribution in [3.05, 3.63) is 0 Å². The van der Waals surface area contributed by atoms with Gasteiger partial charge in [-0.3, -0.25) is 4.90 Å². The Kier molecular flexibility index (Phi) is 4.83. The zero-order valence-electron chi connectivity index (χ0n) is 11.6. The van der Waals surface area contributed by atoms with Crippen LogP contribution >= 0.6 is 0 Å². The van der Waals surface area contributed by atoms with Gasteiger partial charge in [0.1, 0.15) is 0 Å². The average Bonchev–Trinajstić information content (AvgIpc) is 2.73. The molecule has 4 atom stereocenters. The molecule has 100 valence electrons. The molecule has 2 aliphatic rings. The summed E-state index contributed by atoms with van der Waals surface area (Å²) in [4.78, 5) is 2.71. The van der Waals surface area contributed by atoms with Gasteiger partial charge in [0, 0.05) is 26.2 Å². The zero-order chi connectivity index (χ0) is 12.3. The van der Waals surface area contributed by atoms with Gasteiger partial charge < -0.3 is 10.1 Å². The first-order chi connectivity index (χ1) is 8.20. The highest BCUT2D eigenvalue weighted by Gasteiger charge is 2.33. The SMILES string of the molecule is COC1CCCC1N1CC(C)CNCC(C)C1. The second-order valence-corrected chi connectivity index (χ2v) is 6.09. The maximum absolute atomic E-state index is 5.66. The normalized spacial score (nSPS) is 41.1. The van der Waals surface area contributed by atoms with Crippen molar-refractivity contribution in [3.8, 4) is 0 Å². The summed E-state index contributed by atoms with van der Waals surface area (Å²) in [6.07, 6.45) is 4.38. The van der Waals surface area contributed by atoms with E-state index in [0.717, 1.165) is 24.9 Å². The van der Waals surface area contributed by atoms with Crippen molar-refractivity contribution in [2.75, 3.05) is 33.3 Å². The molecule has 0 bridgehead atoms. The van der Waals surface area contributed by atoms with Crippen molar-refractivity contribution in [2.45, 2.75) is 45.3 Å². The predicted octanol–water partition coefficient (Wildman–Crippen LogP) is 1.73. The van der Waals surface area contributed by atoms with Crippen LogP contribution in [0.5, 0.6) is 0 Å². The summed E-state index contributed by atoms with van der Waals surface area (Å²) in [6.45, 7) is 9.47. The Bertz CT molecular complexity index is 222. The van der Waals surface area contributed by atoms with E-state index in [9.17, 15) is 0 Å². The van der Waals surface area contributed by atoms with Crippen molar-refractivity contribution in [1.82, 2.24) is 10.2 Å². The molecule has 1 aliphatic heterocycles. The minimum Gasteiger partial charge on any atom is -0.380 e. The quantitative estimate of drug-likeness (QED) is 0.795. The highest BCUT2D eigenvalue weighted by atomic mass is 16.5. The van der Waals surface area contributed by atoms with E-state index in [1.54, 1.807) is 0 Å². The van der Waals surface area contributed by atoms with E-state index in [1.807, 2.05) is 7.11 Å². The van der Waals surface area contributed by atoms with Gasteiger partial charge in [-0.15, -0.1) is 0 Å². The van der Waals surface area contributed by atoms with Gasteiger partial charge >= 0.3 is 0 Å². The Morgan fingerprint density at radius 3 is 2.29 bits per heavy atom. The summed E-state index contributed by atoms with van der Waals surface area (Å²) < 4.78 is 5.66. The second kappa shape index (κ2) is 6.17. The minimum absolute atomic E-state index is 0.474. The van der Waals surface area contributed by atoms with Crippen molar-refractivity contribution in [3.63, 3.8) is 0 Å². The van der Waals surface area contributed by atoms with E-state index >= 15 is 0 Å². The third-order valence-electron chi connectivity index (χ3n) is 4.27. The van der Waals surface area contributed by atoms with E-state index in [-0.39, 0.29) is 0 Å². The molecule has 1 saturated heterocycles. The van der Waals surface area contributed by atoms with Crippen LogP contribution in [0.3, 0.4) is 0 Å². The maximum atomic E-state index is 5.66. The summed E-state index contributed by atoms with van der Waals surface area (Å²) >= 11 is 0. The van der Waals surface area contributed by atoms with Gasteiger partial charge in [0.05, 0.1) is 6.10 Å². The number of hydrogen-bond acceptors (Lipinski definition) is 3. The number of ether oxygens (including phenoxy) is 1. The highest BCUT2D eigenvalue weighted by Crippen LogP contribution is 2.28. The smallest absolute Gasteiger partial charge is 0.0726 e. The standard InChI is InChI=1S/C14H28N2O/c1-11-7-15-8-12(2)10-16(9-11)13-5-4-6-14(13)17-3/h11-15H,4-10H2,1-3H3. The number of hydrogen-bond donors (Lipinski definition) is 1. The molecule has 4 unspecified atom stereocenters. The predicted molar refractivity (Wildman–Crippen MR) is 71.2 cm³/mol. The molecule has 0 aromatic rings. The van der Waals surface area contributed by atoms with Crippen LogP contribution in [0.15, 0.2) is 0 Å². The molecule has 1 N–H and O–H groups in total. The molecule has 3 heteroatoms. The lowest BCUT2D eigenvalue weighted by atomic mass is 10.0. The lowest BCUT2D eigenvalue weighted by Gasteiger charge is -2.38. The Labute approximate surface area is 106 Å². The van der Waals surface area contributed by atoms with Crippen LogP contribution in [0, 0.1) is 11.8 Å². The molecule has 0 aromatic heterocycles. The topological polar surface area (TPSA) is 24.5 Å². The van der Waals surface area contributed by atoms with Crippen molar-refractivity contribution >= 4 is 0 Å². The molecule has 1 heterocycles. The molecule has 1 aliphatic carbocycles. The molecule has 2 rings (SSSR count). The van der Waals surface area contributed by atoms with Crippen LogP contribution in [0.2, 0.25) is 0 Å². The van der Waals surface area contributed by atoms with Gasteiger partial charge in [-0.05, 0) is 44.2 Å². The number of nitrogens with one attached hydrogen (secondary N) is 1. The zero-order valence-corrected chi connectivity index (χ0v) is 11.6. The van der Waals surface area contributed by atoms with Gasteiger partial charge in [0.25, 0.3) is 0 Å². The lowest BCUT2D eigenvalue weighted by Crippen LogP contribution is -2.49. The molecule has 0 spiro atoms. The first-order valence-corrected chi connectivity index (χ1v) is 7.18. The molecular formula is C14H28N2O. The first kappa shape index (κ1) is 13.3. The lowest BCUT2D eigenvalue weighted by molar-refractivity contribution is 0.0185. The van der Waals surface area contributed by atoms with E-state index in [0.29, 0.717) is 12.1 Å². The molecular weight excluding hydrogens is 212 g/mol. The van der Waals surface area contributed by atoms with Crippen LogP contribution in [-0.2, 0) is 4.74 Å². The maximum Gasteiger partial charge on any atom is 0.0726 e. The largest absolute Gasteiger partial charge is 0.380 e. The number of methoxy groups -OCH3 is 1. The summed E-state index contributed by atoms with van der Waals surface area (Å²) in [5, 5.41) is 3.57. The van der Waals surface area contributed by atoms with E-state index in [2.05, 4.69) is 24.1 Å². The van der Waals surface area contributed by atoms with Crippen molar-refractivity contribution in [1.29, 1.82) is 0 Å².